The molecule has 2 aromatic rings. The summed E-state index contributed by atoms with van der Waals surface area (Å²) in [5, 5.41) is 8.18. The van der Waals surface area contributed by atoms with E-state index in [-0.39, 0.29) is 41.1 Å². The van der Waals surface area contributed by atoms with Crippen molar-refractivity contribution in [2.24, 2.45) is 5.92 Å². The summed E-state index contributed by atoms with van der Waals surface area (Å²) in [7, 11) is 1.42. The van der Waals surface area contributed by atoms with Gasteiger partial charge in [0.2, 0.25) is 11.8 Å². The van der Waals surface area contributed by atoms with E-state index in [2.05, 4.69) is 20.9 Å². The largest absolute Gasteiger partial charge is 0.497 e. The Morgan fingerprint density at radius 2 is 1.96 bits per heavy atom. The molecule has 240 valence electrons. The quantitative estimate of drug-likeness (QED) is 0.154. The number of fused-ring (bicyclic) bond motifs is 1. The van der Waals surface area contributed by atoms with Crippen LogP contribution in [0.1, 0.15) is 56.8 Å². The van der Waals surface area contributed by atoms with Crippen LogP contribution in [-0.4, -0.2) is 98.4 Å². The Morgan fingerprint density at radius 3 is 2.73 bits per heavy atom. The fraction of sp³-hybridized carbons (Fsp3) is 0.452. The molecule has 45 heavy (non-hydrogen) atoms. The Bertz CT molecular complexity index is 1500. The zero-order chi connectivity index (χ0) is 32.1. The van der Waals surface area contributed by atoms with Crippen molar-refractivity contribution in [3.05, 3.63) is 52.8 Å². The Morgan fingerprint density at radius 1 is 1.13 bits per heavy atom. The molecule has 2 unspecified atom stereocenters. The smallest absolute Gasteiger partial charge is 0.264 e. The lowest BCUT2D eigenvalue weighted by Crippen LogP contribution is -2.54. The summed E-state index contributed by atoms with van der Waals surface area (Å²) >= 11 is 0. The molecule has 2 fully saturated rings. The minimum Gasteiger partial charge on any atom is -0.497 e. The molecule has 2 saturated heterocycles. The standard InChI is InChI=1S/C31H37FN6O7/c1-44-19-14-21(27(32)22(33)15-19)28(40)35-16-18-4-3-10-37(17-18)11-13-45-12-9-34-23-6-2-5-20-26(23)31(43)38(30(20)42)24-7-8-25(39)36-29(24)41/h2,5-6,14-15,18,24,34H,3-4,7-13,16-17,33H2,1H3,(H,35,40)(H,36,39,41). The molecule has 2 aromatic carbocycles. The highest BCUT2D eigenvalue weighted by Gasteiger charge is 2.45. The van der Waals surface area contributed by atoms with E-state index in [1.54, 1.807) is 18.2 Å². The first-order valence-corrected chi connectivity index (χ1v) is 15.0. The van der Waals surface area contributed by atoms with E-state index < -0.39 is 41.4 Å². The van der Waals surface area contributed by atoms with Crippen LogP contribution in [0.25, 0.3) is 0 Å². The highest BCUT2D eigenvalue weighted by atomic mass is 19.1. The lowest BCUT2D eigenvalue weighted by atomic mass is 9.98. The van der Waals surface area contributed by atoms with E-state index in [4.69, 9.17) is 15.2 Å². The zero-order valence-electron chi connectivity index (χ0n) is 25.0. The molecular weight excluding hydrogens is 587 g/mol. The number of hydrogen-bond donors (Lipinski definition) is 4. The molecule has 5 amide bonds. The number of hydrogen-bond acceptors (Lipinski definition) is 10. The molecule has 0 saturated carbocycles. The molecule has 3 heterocycles. The Hall–Kier alpha value is -4.56. The number of anilines is 2. The van der Waals surface area contributed by atoms with Crippen molar-refractivity contribution in [3.8, 4) is 5.75 Å². The summed E-state index contributed by atoms with van der Waals surface area (Å²) in [6.07, 6.45) is 2.05. The maximum Gasteiger partial charge on any atom is 0.264 e. The van der Waals surface area contributed by atoms with Crippen LogP contribution in [0, 0.1) is 11.7 Å². The van der Waals surface area contributed by atoms with Crippen LogP contribution >= 0.6 is 0 Å². The molecule has 0 radical (unpaired) electrons. The lowest BCUT2D eigenvalue weighted by molar-refractivity contribution is -0.136. The fourth-order valence-corrected chi connectivity index (χ4v) is 5.97. The van der Waals surface area contributed by atoms with Crippen molar-refractivity contribution in [2.45, 2.75) is 31.7 Å². The number of benzene rings is 2. The van der Waals surface area contributed by atoms with Gasteiger partial charge >= 0.3 is 0 Å². The molecular formula is C31H37FN6O7. The van der Waals surface area contributed by atoms with Crippen LogP contribution < -0.4 is 26.4 Å². The second-order valence-electron chi connectivity index (χ2n) is 11.3. The predicted octanol–water partition coefficient (Wildman–Crippen LogP) is 1.39. The van der Waals surface area contributed by atoms with Crippen LogP contribution in [-0.2, 0) is 14.3 Å². The van der Waals surface area contributed by atoms with Crippen molar-refractivity contribution in [2.75, 3.05) is 64.1 Å². The Labute approximate surface area is 259 Å². The van der Waals surface area contributed by atoms with Gasteiger partial charge < -0.3 is 30.7 Å². The molecule has 0 aliphatic carbocycles. The zero-order valence-corrected chi connectivity index (χ0v) is 25.0. The molecule has 0 bridgehead atoms. The maximum absolute atomic E-state index is 14.4. The molecule has 14 heteroatoms. The number of nitrogens with one attached hydrogen (secondary N) is 3. The van der Waals surface area contributed by atoms with Gasteiger partial charge in [-0.1, -0.05) is 6.07 Å². The van der Waals surface area contributed by atoms with Crippen LogP contribution in [0.4, 0.5) is 15.8 Å². The third-order valence-electron chi connectivity index (χ3n) is 8.29. The summed E-state index contributed by atoms with van der Waals surface area (Å²) in [6, 6.07) is 6.55. The Balaban J connectivity index is 1.04. The molecule has 0 spiro atoms. The van der Waals surface area contributed by atoms with E-state index in [0.29, 0.717) is 44.3 Å². The second-order valence-corrected chi connectivity index (χ2v) is 11.3. The number of rotatable bonds is 12. The number of methoxy groups -OCH3 is 1. The normalized spacial score (nSPS) is 20.2. The third-order valence-corrected chi connectivity index (χ3v) is 8.29. The van der Waals surface area contributed by atoms with Gasteiger partial charge in [-0.05, 0) is 49.9 Å². The minimum absolute atomic E-state index is 0.0579. The molecule has 5 rings (SSSR count). The average molecular weight is 625 g/mol. The van der Waals surface area contributed by atoms with Gasteiger partial charge in [-0.25, -0.2) is 4.39 Å². The van der Waals surface area contributed by atoms with Crippen LogP contribution in [0.2, 0.25) is 0 Å². The van der Waals surface area contributed by atoms with Gasteiger partial charge in [0.1, 0.15) is 11.8 Å². The first-order valence-electron chi connectivity index (χ1n) is 15.0. The third kappa shape index (κ3) is 7.07. The highest BCUT2D eigenvalue weighted by Crippen LogP contribution is 2.32. The monoisotopic (exact) mass is 624 g/mol. The van der Waals surface area contributed by atoms with Gasteiger partial charge in [-0.2, -0.15) is 0 Å². The van der Waals surface area contributed by atoms with Crippen molar-refractivity contribution < 1.29 is 37.8 Å². The summed E-state index contributed by atoms with van der Waals surface area (Å²) in [6.45, 7) is 3.98. The lowest BCUT2D eigenvalue weighted by Gasteiger charge is -2.32. The molecule has 5 N–H and O–H groups in total. The number of ether oxygens (including phenoxy) is 2. The van der Waals surface area contributed by atoms with E-state index >= 15 is 0 Å². The van der Waals surface area contributed by atoms with Gasteiger partial charge in [0, 0.05) is 44.4 Å². The second kappa shape index (κ2) is 14.0. The number of nitrogens with zero attached hydrogens (tertiary/aromatic N) is 2. The summed E-state index contributed by atoms with van der Waals surface area (Å²) in [4.78, 5) is 65.9. The minimum atomic E-state index is -1.02. The van der Waals surface area contributed by atoms with Gasteiger partial charge in [0.25, 0.3) is 17.7 Å². The predicted molar refractivity (Wildman–Crippen MR) is 161 cm³/mol. The number of likely N-dealkylation sites (tertiary alicyclic amines) is 1. The molecule has 0 aromatic heterocycles. The average Bonchev–Trinajstić information content (AvgIpc) is 3.28. The summed E-state index contributed by atoms with van der Waals surface area (Å²) in [5.41, 5.74) is 6.26. The number of carbonyl (C=O) groups is 5. The number of nitrogen functional groups attached to an aromatic ring is 1. The van der Waals surface area contributed by atoms with E-state index in [0.717, 1.165) is 30.8 Å². The molecule has 2 atom stereocenters. The van der Waals surface area contributed by atoms with Gasteiger partial charge in [-0.15, -0.1) is 0 Å². The van der Waals surface area contributed by atoms with Crippen LogP contribution in [0.5, 0.6) is 5.75 Å². The van der Waals surface area contributed by atoms with E-state index in [9.17, 15) is 28.4 Å². The highest BCUT2D eigenvalue weighted by molar-refractivity contribution is 6.25. The van der Waals surface area contributed by atoms with Gasteiger partial charge in [0.05, 0.1) is 42.7 Å². The Kier molecular flexibility index (Phi) is 9.93. The van der Waals surface area contributed by atoms with Crippen molar-refractivity contribution in [1.82, 2.24) is 20.4 Å². The van der Waals surface area contributed by atoms with Crippen LogP contribution in [0.3, 0.4) is 0 Å². The topological polar surface area (TPSA) is 172 Å². The summed E-state index contributed by atoms with van der Waals surface area (Å²) in [5.74, 6) is -2.98. The number of piperidine rings is 2. The number of amides is 5. The molecule has 3 aliphatic heterocycles. The molecule has 3 aliphatic rings. The SMILES string of the molecule is COc1cc(N)c(F)c(C(=O)NCC2CCCN(CCOCCNc3cccc4c3C(=O)N(C3CCC(=O)NC3=O)C4=O)C2)c1. The molecule has 13 nitrogen and oxygen atoms in total. The number of imide groups is 2. The summed E-state index contributed by atoms with van der Waals surface area (Å²) < 4.78 is 25.3. The number of halogens is 1. The van der Waals surface area contributed by atoms with Crippen molar-refractivity contribution in [1.29, 1.82) is 0 Å². The van der Waals surface area contributed by atoms with Crippen LogP contribution in [0.15, 0.2) is 30.3 Å². The van der Waals surface area contributed by atoms with Gasteiger partial charge in [-0.3, -0.25) is 34.2 Å². The van der Waals surface area contributed by atoms with Crippen molar-refractivity contribution in [3.63, 3.8) is 0 Å². The van der Waals surface area contributed by atoms with Gasteiger partial charge in [0.15, 0.2) is 5.82 Å². The number of nitrogens with two attached hydrogens (primary N) is 1. The fourth-order valence-electron chi connectivity index (χ4n) is 5.97. The first-order chi connectivity index (χ1) is 21.7. The van der Waals surface area contributed by atoms with E-state index in [1.807, 2.05) is 0 Å². The van der Waals surface area contributed by atoms with E-state index in [1.165, 1.54) is 19.2 Å². The maximum atomic E-state index is 14.4. The van der Waals surface area contributed by atoms with Crippen molar-refractivity contribution >= 4 is 40.9 Å². The first kappa shape index (κ1) is 31.9. The number of carbonyl (C=O) groups excluding carboxylic acids is 5.